The van der Waals surface area contributed by atoms with Gasteiger partial charge in [0.05, 0.1) is 20.4 Å². The molecule has 6 heteroatoms. The smallest absolute Gasteiger partial charge is 0.161 e. The lowest BCUT2D eigenvalue weighted by Crippen LogP contribution is -1.98. The third kappa shape index (κ3) is 3.61. The minimum absolute atomic E-state index is 0.494. The molecule has 0 atom stereocenters. The van der Waals surface area contributed by atoms with Crippen molar-refractivity contribution in [3.05, 3.63) is 66.6 Å². The molecule has 0 saturated carbocycles. The van der Waals surface area contributed by atoms with Gasteiger partial charge in [-0.25, -0.2) is 4.98 Å². The Labute approximate surface area is 170 Å². The fraction of sp³-hybridized carbons (Fsp3) is 0.217. The standard InChI is InChI=1S/C23H24N4O2/c1-15(2)16-5-8-18(9-6-16)25-23-22(26-21-14-24-11-12-27(21)23)17-7-10-19(28-3)20(13-17)29-4/h5-15,25H,1-4H3. The summed E-state index contributed by atoms with van der Waals surface area (Å²) in [6.07, 6.45) is 5.40. The number of benzene rings is 2. The summed E-state index contributed by atoms with van der Waals surface area (Å²) in [6, 6.07) is 14.3. The Kier molecular flexibility index (Phi) is 5.08. The number of nitrogens with zero attached hydrogens (tertiary/aromatic N) is 3. The van der Waals surface area contributed by atoms with E-state index in [-0.39, 0.29) is 0 Å². The Balaban J connectivity index is 1.81. The van der Waals surface area contributed by atoms with Gasteiger partial charge in [-0.1, -0.05) is 26.0 Å². The maximum absolute atomic E-state index is 5.47. The fourth-order valence-corrected chi connectivity index (χ4v) is 3.30. The first-order chi connectivity index (χ1) is 14.1. The van der Waals surface area contributed by atoms with Crippen LogP contribution in [-0.2, 0) is 0 Å². The first-order valence-corrected chi connectivity index (χ1v) is 9.52. The molecule has 0 radical (unpaired) electrons. The van der Waals surface area contributed by atoms with Crippen LogP contribution >= 0.6 is 0 Å². The zero-order chi connectivity index (χ0) is 20.4. The average molecular weight is 388 g/mol. The zero-order valence-electron chi connectivity index (χ0n) is 17.0. The van der Waals surface area contributed by atoms with E-state index in [9.17, 15) is 0 Å². The van der Waals surface area contributed by atoms with E-state index in [2.05, 4.69) is 48.4 Å². The summed E-state index contributed by atoms with van der Waals surface area (Å²) in [6.45, 7) is 4.38. The predicted octanol–water partition coefficient (Wildman–Crippen LogP) is 5.28. The van der Waals surface area contributed by atoms with E-state index in [0.29, 0.717) is 17.4 Å². The number of fused-ring (bicyclic) bond motifs is 1. The van der Waals surface area contributed by atoms with E-state index >= 15 is 0 Å². The molecule has 6 nitrogen and oxygen atoms in total. The first-order valence-electron chi connectivity index (χ1n) is 9.52. The third-order valence-corrected chi connectivity index (χ3v) is 4.93. The lowest BCUT2D eigenvalue weighted by Gasteiger charge is -2.12. The van der Waals surface area contributed by atoms with E-state index in [1.807, 2.05) is 28.8 Å². The molecule has 0 aliphatic rings. The molecule has 0 amide bonds. The minimum atomic E-state index is 0.494. The average Bonchev–Trinajstić information content (AvgIpc) is 3.12. The van der Waals surface area contributed by atoms with Gasteiger partial charge < -0.3 is 14.8 Å². The van der Waals surface area contributed by atoms with Crippen LogP contribution in [0.3, 0.4) is 0 Å². The number of methoxy groups -OCH3 is 2. The summed E-state index contributed by atoms with van der Waals surface area (Å²) in [5.74, 6) is 2.70. The van der Waals surface area contributed by atoms with Gasteiger partial charge in [-0.3, -0.25) is 9.38 Å². The minimum Gasteiger partial charge on any atom is -0.493 e. The molecule has 0 unspecified atom stereocenters. The topological polar surface area (TPSA) is 60.7 Å². The summed E-state index contributed by atoms with van der Waals surface area (Å²) in [5.41, 5.74) is 4.80. The van der Waals surface area contributed by atoms with E-state index in [0.717, 1.165) is 28.4 Å². The molecule has 2 heterocycles. The number of rotatable bonds is 6. The monoisotopic (exact) mass is 388 g/mol. The number of ether oxygens (including phenoxy) is 2. The SMILES string of the molecule is COc1ccc(-c2nc3cnccn3c2Nc2ccc(C(C)C)cc2)cc1OC. The normalized spacial score (nSPS) is 11.1. The molecule has 2 aromatic heterocycles. The lowest BCUT2D eigenvalue weighted by atomic mass is 10.0. The van der Waals surface area contributed by atoms with E-state index in [4.69, 9.17) is 14.5 Å². The maximum atomic E-state index is 5.47. The molecule has 0 saturated heterocycles. The maximum Gasteiger partial charge on any atom is 0.161 e. The van der Waals surface area contributed by atoms with Gasteiger partial charge in [0.2, 0.25) is 0 Å². The van der Waals surface area contributed by atoms with Crippen molar-refractivity contribution in [1.29, 1.82) is 0 Å². The van der Waals surface area contributed by atoms with E-state index < -0.39 is 0 Å². The van der Waals surface area contributed by atoms with Gasteiger partial charge >= 0.3 is 0 Å². The van der Waals surface area contributed by atoms with Gasteiger partial charge in [0.1, 0.15) is 11.5 Å². The van der Waals surface area contributed by atoms with Crippen LogP contribution in [0, 0.1) is 0 Å². The van der Waals surface area contributed by atoms with Crippen molar-refractivity contribution in [2.75, 3.05) is 19.5 Å². The van der Waals surface area contributed by atoms with Crippen molar-refractivity contribution in [2.45, 2.75) is 19.8 Å². The molecule has 0 bridgehead atoms. The van der Waals surface area contributed by atoms with Gasteiger partial charge in [-0.15, -0.1) is 0 Å². The Hall–Kier alpha value is -3.54. The highest BCUT2D eigenvalue weighted by Gasteiger charge is 2.16. The number of hydrogen-bond donors (Lipinski definition) is 1. The Morgan fingerprint density at radius 2 is 1.72 bits per heavy atom. The molecule has 2 aromatic carbocycles. The summed E-state index contributed by atoms with van der Waals surface area (Å²) in [5, 5.41) is 3.53. The number of hydrogen-bond acceptors (Lipinski definition) is 5. The largest absolute Gasteiger partial charge is 0.493 e. The second kappa shape index (κ2) is 7.83. The van der Waals surface area contributed by atoms with Gasteiger partial charge in [0.25, 0.3) is 0 Å². The molecule has 29 heavy (non-hydrogen) atoms. The summed E-state index contributed by atoms with van der Waals surface area (Å²) in [7, 11) is 3.26. The van der Waals surface area contributed by atoms with Crippen LogP contribution < -0.4 is 14.8 Å². The molecule has 4 rings (SSSR count). The molecule has 4 aromatic rings. The van der Waals surface area contributed by atoms with Crippen LogP contribution in [0.4, 0.5) is 11.5 Å². The van der Waals surface area contributed by atoms with Crippen LogP contribution in [0.25, 0.3) is 16.9 Å². The second-order valence-electron chi connectivity index (χ2n) is 7.09. The number of imidazole rings is 1. The van der Waals surface area contributed by atoms with Crippen molar-refractivity contribution >= 4 is 17.2 Å². The first kappa shape index (κ1) is 18.8. The highest BCUT2D eigenvalue weighted by molar-refractivity contribution is 5.80. The molecule has 1 N–H and O–H groups in total. The van der Waals surface area contributed by atoms with Crippen LogP contribution in [-0.4, -0.2) is 28.6 Å². The Bertz CT molecular complexity index is 1130. The highest BCUT2D eigenvalue weighted by Crippen LogP contribution is 2.36. The summed E-state index contributed by atoms with van der Waals surface area (Å²) in [4.78, 5) is 9.00. The summed E-state index contributed by atoms with van der Waals surface area (Å²) >= 11 is 0. The lowest BCUT2D eigenvalue weighted by molar-refractivity contribution is 0.355. The molecule has 0 aliphatic heterocycles. The second-order valence-corrected chi connectivity index (χ2v) is 7.09. The molecule has 0 spiro atoms. The fourth-order valence-electron chi connectivity index (χ4n) is 3.30. The predicted molar refractivity (Wildman–Crippen MR) is 115 cm³/mol. The third-order valence-electron chi connectivity index (χ3n) is 4.93. The molecular weight excluding hydrogens is 364 g/mol. The zero-order valence-corrected chi connectivity index (χ0v) is 17.0. The van der Waals surface area contributed by atoms with Crippen molar-refractivity contribution in [3.8, 4) is 22.8 Å². The van der Waals surface area contributed by atoms with E-state index in [1.54, 1.807) is 26.6 Å². The van der Waals surface area contributed by atoms with Gasteiger partial charge in [-0.2, -0.15) is 0 Å². The van der Waals surface area contributed by atoms with Crippen molar-refractivity contribution in [3.63, 3.8) is 0 Å². The molecule has 0 fully saturated rings. The Morgan fingerprint density at radius 1 is 0.966 bits per heavy atom. The van der Waals surface area contributed by atoms with Crippen LogP contribution in [0.2, 0.25) is 0 Å². The van der Waals surface area contributed by atoms with Gasteiger partial charge in [-0.05, 0) is 41.8 Å². The molecule has 148 valence electrons. The van der Waals surface area contributed by atoms with E-state index in [1.165, 1.54) is 5.56 Å². The van der Waals surface area contributed by atoms with Crippen molar-refractivity contribution < 1.29 is 9.47 Å². The Morgan fingerprint density at radius 3 is 2.41 bits per heavy atom. The summed E-state index contributed by atoms with van der Waals surface area (Å²) < 4.78 is 12.8. The quantitative estimate of drug-likeness (QED) is 0.487. The molecular formula is C23H24N4O2. The van der Waals surface area contributed by atoms with Crippen molar-refractivity contribution in [2.24, 2.45) is 0 Å². The molecule has 0 aliphatic carbocycles. The highest BCUT2D eigenvalue weighted by atomic mass is 16.5. The number of nitrogens with one attached hydrogen (secondary N) is 1. The number of anilines is 2. The van der Waals surface area contributed by atoms with Gasteiger partial charge in [0.15, 0.2) is 17.1 Å². The van der Waals surface area contributed by atoms with Crippen LogP contribution in [0.1, 0.15) is 25.3 Å². The van der Waals surface area contributed by atoms with Gasteiger partial charge in [0, 0.05) is 23.6 Å². The number of aromatic nitrogens is 3. The van der Waals surface area contributed by atoms with Crippen LogP contribution in [0.15, 0.2) is 61.1 Å². The van der Waals surface area contributed by atoms with Crippen molar-refractivity contribution in [1.82, 2.24) is 14.4 Å². The van der Waals surface area contributed by atoms with Crippen LogP contribution in [0.5, 0.6) is 11.5 Å².